The van der Waals surface area contributed by atoms with Crippen LogP contribution >= 0.6 is 22.7 Å². The minimum atomic E-state index is -0.0437. The summed E-state index contributed by atoms with van der Waals surface area (Å²) in [5.41, 5.74) is 0. The maximum Gasteiger partial charge on any atom is 0.231 e. The molecular formula is C12H16N4OS2. The van der Waals surface area contributed by atoms with Crippen molar-refractivity contribution in [2.75, 3.05) is 26.0 Å². The Morgan fingerprint density at radius 1 is 1.42 bits per heavy atom. The van der Waals surface area contributed by atoms with Gasteiger partial charge in [-0.2, -0.15) is 0 Å². The van der Waals surface area contributed by atoms with Crippen molar-refractivity contribution in [1.82, 2.24) is 15.1 Å². The Hall–Kier alpha value is -1.31. The third-order valence-corrected chi connectivity index (χ3v) is 4.18. The summed E-state index contributed by atoms with van der Waals surface area (Å²) in [5, 5.41) is 14.3. The lowest BCUT2D eigenvalue weighted by molar-refractivity contribution is -0.115. The summed E-state index contributed by atoms with van der Waals surface area (Å²) in [4.78, 5) is 14.9. The lowest BCUT2D eigenvalue weighted by Gasteiger charge is -2.05. The van der Waals surface area contributed by atoms with Crippen molar-refractivity contribution in [1.29, 1.82) is 0 Å². The first-order valence-corrected chi connectivity index (χ1v) is 7.62. The molecular weight excluding hydrogens is 280 g/mol. The summed E-state index contributed by atoms with van der Waals surface area (Å²) < 4.78 is 0. The molecule has 0 bridgehead atoms. The van der Waals surface area contributed by atoms with Crippen LogP contribution in [0, 0.1) is 0 Å². The zero-order chi connectivity index (χ0) is 13.7. The van der Waals surface area contributed by atoms with Crippen molar-refractivity contribution in [2.45, 2.75) is 12.8 Å². The Labute approximate surface area is 120 Å². The molecule has 5 nitrogen and oxygen atoms in total. The van der Waals surface area contributed by atoms with E-state index in [4.69, 9.17) is 0 Å². The van der Waals surface area contributed by atoms with Crippen molar-refractivity contribution in [3.8, 4) is 0 Å². The van der Waals surface area contributed by atoms with Gasteiger partial charge in [0.25, 0.3) is 0 Å². The van der Waals surface area contributed by atoms with Crippen molar-refractivity contribution in [3.05, 3.63) is 27.4 Å². The van der Waals surface area contributed by atoms with Crippen molar-refractivity contribution in [2.24, 2.45) is 0 Å². The number of carbonyl (C=O) groups is 1. The van der Waals surface area contributed by atoms with Gasteiger partial charge in [-0.05, 0) is 25.5 Å². The van der Waals surface area contributed by atoms with Gasteiger partial charge in [0.05, 0.1) is 6.42 Å². The molecule has 2 rings (SSSR count). The second-order valence-electron chi connectivity index (χ2n) is 4.36. The van der Waals surface area contributed by atoms with Crippen molar-refractivity contribution in [3.63, 3.8) is 0 Å². The van der Waals surface area contributed by atoms with E-state index >= 15 is 0 Å². The van der Waals surface area contributed by atoms with Gasteiger partial charge >= 0.3 is 0 Å². The van der Waals surface area contributed by atoms with E-state index in [1.54, 1.807) is 11.3 Å². The average Bonchev–Trinajstić information content (AvgIpc) is 2.98. The molecule has 19 heavy (non-hydrogen) atoms. The first-order chi connectivity index (χ1) is 9.13. The minimum absolute atomic E-state index is 0.0437. The van der Waals surface area contributed by atoms with Crippen LogP contribution in [0.3, 0.4) is 0 Å². The Kier molecular flexibility index (Phi) is 5.00. The van der Waals surface area contributed by atoms with Gasteiger partial charge in [0.15, 0.2) is 0 Å². The highest BCUT2D eigenvalue weighted by Crippen LogP contribution is 2.17. The predicted molar refractivity (Wildman–Crippen MR) is 78.8 cm³/mol. The number of likely N-dealkylation sites (N-methyl/N-ethyl adjacent to an activating group) is 1. The molecule has 0 aliphatic carbocycles. The number of nitrogens with zero attached hydrogens (tertiary/aromatic N) is 3. The summed E-state index contributed by atoms with van der Waals surface area (Å²) in [5.74, 6) is -0.0437. The van der Waals surface area contributed by atoms with E-state index in [0.29, 0.717) is 11.6 Å². The predicted octanol–water partition coefficient (Wildman–Crippen LogP) is 1.88. The van der Waals surface area contributed by atoms with Crippen LogP contribution in [0.4, 0.5) is 5.13 Å². The smallest absolute Gasteiger partial charge is 0.231 e. The van der Waals surface area contributed by atoms with Gasteiger partial charge in [0.1, 0.15) is 5.01 Å². The minimum Gasteiger partial charge on any atom is -0.309 e. The van der Waals surface area contributed by atoms with E-state index in [2.05, 4.69) is 20.4 Å². The highest BCUT2D eigenvalue weighted by Gasteiger charge is 2.09. The van der Waals surface area contributed by atoms with Crippen LogP contribution in [-0.4, -0.2) is 41.6 Å². The molecule has 1 N–H and O–H groups in total. The normalized spacial score (nSPS) is 10.9. The highest BCUT2D eigenvalue weighted by molar-refractivity contribution is 7.15. The van der Waals surface area contributed by atoms with Crippen LogP contribution in [0.2, 0.25) is 0 Å². The first kappa shape index (κ1) is 14.1. The number of carbonyl (C=O) groups excluding carboxylic acids is 1. The topological polar surface area (TPSA) is 58.1 Å². The third-order valence-electron chi connectivity index (χ3n) is 2.40. The van der Waals surface area contributed by atoms with Gasteiger partial charge in [-0.15, -0.1) is 21.5 Å². The summed E-state index contributed by atoms with van der Waals surface area (Å²) >= 11 is 3.02. The summed E-state index contributed by atoms with van der Waals surface area (Å²) in [6, 6.07) is 3.89. The molecule has 0 unspecified atom stereocenters. The molecule has 2 heterocycles. The van der Waals surface area contributed by atoms with Gasteiger partial charge in [-0.1, -0.05) is 17.4 Å². The average molecular weight is 296 g/mol. The Bertz CT molecular complexity index is 522. The van der Waals surface area contributed by atoms with Gasteiger partial charge in [-0.3, -0.25) is 4.79 Å². The number of rotatable bonds is 6. The van der Waals surface area contributed by atoms with Crippen LogP contribution in [0.15, 0.2) is 17.5 Å². The fourth-order valence-electron chi connectivity index (χ4n) is 1.46. The molecule has 0 saturated carbocycles. The van der Waals surface area contributed by atoms with E-state index in [1.807, 2.05) is 31.6 Å². The second-order valence-corrected chi connectivity index (χ2v) is 6.45. The Balaban J connectivity index is 1.84. The zero-order valence-electron chi connectivity index (χ0n) is 10.9. The number of aromatic nitrogens is 2. The van der Waals surface area contributed by atoms with Crippen LogP contribution < -0.4 is 5.32 Å². The second kappa shape index (κ2) is 6.74. The summed E-state index contributed by atoms with van der Waals surface area (Å²) in [6.45, 7) is 0.928. The number of amides is 1. The molecule has 2 aromatic rings. The number of hydrogen-bond acceptors (Lipinski definition) is 6. The number of thiophene rings is 1. The van der Waals surface area contributed by atoms with Gasteiger partial charge in [0, 0.05) is 17.8 Å². The molecule has 102 valence electrons. The molecule has 0 aromatic carbocycles. The maximum absolute atomic E-state index is 11.8. The Morgan fingerprint density at radius 2 is 2.26 bits per heavy atom. The molecule has 7 heteroatoms. The molecule has 0 aliphatic heterocycles. The lowest BCUT2D eigenvalue weighted by Crippen LogP contribution is -2.14. The van der Waals surface area contributed by atoms with E-state index in [0.717, 1.165) is 22.9 Å². The summed E-state index contributed by atoms with van der Waals surface area (Å²) in [6.07, 6.45) is 1.25. The highest BCUT2D eigenvalue weighted by atomic mass is 32.1. The molecule has 0 aliphatic rings. The van der Waals surface area contributed by atoms with Crippen molar-refractivity contribution < 1.29 is 4.79 Å². The summed E-state index contributed by atoms with van der Waals surface area (Å²) in [7, 11) is 4.04. The van der Waals surface area contributed by atoms with Crippen molar-refractivity contribution >= 4 is 33.7 Å². The fraction of sp³-hybridized carbons (Fsp3) is 0.417. The third kappa shape index (κ3) is 4.70. The Morgan fingerprint density at radius 3 is 2.95 bits per heavy atom. The van der Waals surface area contributed by atoms with Gasteiger partial charge in [-0.25, -0.2) is 0 Å². The quantitative estimate of drug-likeness (QED) is 0.884. The SMILES string of the molecule is CN(C)CCc1nnc(NC(=O)Cc2cccs2)s1. The number of hydrogen-bond donors (Lipinski definition) is 1. The maximum atomic E-state index is 11.8. The van der Waals surface area contributed by atoms with Crippen LogP contribution in [-0.2, 0) is 17.6 Å². The van der Waals surface area contributed by atoms with E-state index < -0.39 is 0 Å². The molecule has 0 spiro atoms. The van der Waals surface area contributed by atoms with E-state index in [-0.39, 0.29) is 5.91 Å². The monoisotopic (exact) mass is 296 g/mol. The molecule has 0 radical (unpaired) electrons. The van der Waals surface area contributed by atoms with Crippen LogP contribution in [0.25, 0.3) is 0 Å². The molecule has 0 saturated heterocycles. The molecule has 0 fully saturated rings. The van der Waals surface area contributed by atoms with Gasteiger partial charge in [0.2, 0.25) is 11.0 Å². The molecule has 1 amide bonds. The largest absolute Gasteiger partial charge is 0.309 e. The zero-order valence-corrected chi connectivity index (χ0v) is 12.6. The first-order valence-electron chi connectivity index (χ1n) is 5.93. The van der Waals surface area contributed by atoms with E-state index in [1.165, 1.54) is 11.3 Å². The van der Waals surface area contributed by atoms with Crippen LogP contribution in [0.5, 0.6) is 0 Å². The van der Waals surface area contributed by atoms with Gasteiger partial charge < -0.3 is 10.2 Å². The number of anilines is 1. The van der Waals surface area contributed by atoms with Crippen LogP contribution in [0.1, 0.15) is 9.88 Å². The number of nitrogens with one attached hydrogen (secondary N) is 1. The van der Waals surface area contributed by atoms with E-state index in [9.17, 15) is 4.79 Å². The molecule has 0 atom stereocenters. The molecule has 2 aromatic heterocycles. The lowest BCUT2D eigenvalue weighted by atomic mass is 10.3. The fourth-order valence-corrected chi connectivity index (χ4v) is 2.91. The standard InChI is InChI=1S/C12H16N4OS2/c1-16(2)6-5-11-14-15-12(19-11)13-10(17)8-9-4-3-7-18-9/h3-4,7H,5-6,8H2,1-2H3,(H,13,15,17).